The summed E-state index contributed by atoms with van der Waals surface area (Å²) in [6.45, 7) is 5.69. The Balaban J connectivity index is 1.50. The van der Waals surface area contributed by atoms with Crippen molar-refractivity contribution in [3.63, 3.8) is 0 Å². The van der Waals surface area contributed by atoms with Crippen LogP contribution in [0.4, 0.5) is 4.79 Å². The Labute approximate surface area is 178 Å². The van der Waals surface area contributed by atoms with Crippen LogP contribution < -0.4 is 5.32 Å². The van der Waals surface area contributed by atoms with Crippen LogP contribution in [0.2, 0.25) is 5.02 Å². The lowest BCUT2D eigenvalue weighted by molar-refractivity contribution is -0.124. The molecule has 1 aromatic rings. The van der Waals surface area contributed by atoms with Gasteiger partial charge in [-0.15, -0.1) is 0 Å². The molecule has 0 radical (unpaired) electrons. The smallest absolute Gasteiger partial charge is 0.410 e. The highest BCUT2D eigenvalue weighted by atomic mass is 35.5. The van der Waals surface area contributed by atoms with E-state index in [9.17, 15) is 9.59 Å². The highest BCUT2D eigenvalue weighted by Crippen LogP contribution is 2.49. The van der Waals surface area contributed by atoms with Crippen molar-refractivity contribution in [2.75, 3.05) is 0 Å². The minimum absolute atomic E-state index is 0.0160. The third kappa shape index (κ3) is 4.11. The molecular weight excluding hydrogens is 388 g/mol. The molecule has 3 aliphatic rings. The molecule has 4 rings (SSSR count). The van der Waals surface area contributed by atoms with Crippen molar-refractivity contribution in [2.24, 2.45) is 0 Å². The Morgan fingerprint density at radius 3 is 2.41 bits per heavy atom. The van der Waals surface area contributed by atoms with Crippen LogP contribution in [0.1, 0.15) is 71.3 Å². The SMILES string of the molecule is CC(C)(C)OC(=O)N1C2CCCC(NC(=O)C3(c4ccc(Cl)cc4)CC3)C1CC2. The predicted molar refractivity (Wildman–Crippen MR) is 113 cm³/mol. The molecule has 3 fully saturated rings. The number of ether oxygens (including phenoxy) is 1. The Morgan fingerprint density at radius 1 is 1.10 bits per heavy atom. The van der Waals surface area contributed by atoms with E-state index in [0.29, 0.717) is 5.02 Å². The first kappa shape index (κ1) is 20.5. The molecule has 1 aromatic carbocycles. The quantitative estimate of drug-likeness (QED) is 0.766. The van der Waals surface area contributed by atoms with Gasteiger partial charge in [-0.1, -0.05) is 23.7 Å². The molecule has 158 valence electrons. The lowest BCUT2D eigenvalue weighted by Gasteiger charge is -2.34. The molecule has 29 heavy (non-hydrogen) atoms. The fourth-order valence-corrected chi connectivity index (χ4v) is 5.10. The van der Waals surface area contributed by atoms with Gasteiger partial charge in [0, 0.05) is 17.1 Å². The molecular formula is C23H31ClN2O3. The lowest BCUT2D eigenvalue weighted by atomic mass is 9.92. The van der Waals surface area contributed by atoms with Crippen molar-refractivity contribution >= 4 is 23.6 Å². The van der Waals surface area contributed by atoms with E-state index in [1.807, 2.05) is 49.9 Å². The maximum atomic E-state index is 13.3. The number of nitrogens with one attached hydrogen (secondary N) is 1. The van der Waals surface area contributed by atoms with Crippen molar-refractivity contribution in [2.45, 2.75) is 94.9 Å². The largest absolute Gasteiger partial charge is 0.444 e. The molecule has 2 bridgehead atoms. The maximum absolute atomic E-state index is 13.3. The average Bonchev–Trinajstić information content (AvgIpc) is 3.35. The number of rotatable bonds is 3. The van der Waals surface area contributed by atoms with Crippen molar-refractivity contribution in [1.82, 2.24) is 10.2 Å². The van der Waals surface area contributed by atoms with Crippen LogP contribution in [0.3, 0.4) is 0 Å². The highest BCUT2D eigenvalue weighted by molar-refractivity contribution is 6.30. The molecule has 1 N–H and O–H groups in total. The molecule has 3 unspecified atom stereocenters. The third-order valence-electron chi connectivity index (χ3n) is 6.57. The Hall–Kier alpha value is -1.75. The first-order valence-corrected chi connectivity index (χ1v) is 11.2. The van der Waals surface area contributed by atoms with Crippen LogP contribution in [0.25, 0.3) is 0 Å². The highest BCUT2D eigenvalue weighted by Gasteiger charge is 2.53. The van der Waals surface area contributed by atoms with Gasteiger partial charge in [0.2, 0.25) is 5.91 Å². The number of amides is 2. The zero-order chi connectivity index (χ0) is 20.8. The van der Waals surface area contributed by atoms with Gasteiger partial charge in [0.25, 0.3) is 0 Å². The monoisotopic (exact) mass is 418 g/mol. The second kappa shape index (κ2) is 7.50. The molecule has 2 aliphatic heterocycles. The number of nitrogens with zero attached hydrogens (tertiary/aromatic N) is 1. The molecule has 0 spiro atoms. The molecule has 0 aromatic heterocycles. The van der Waals surface area contributed by atoms with E-state index < -0.39 is 11.0 Å². The van der Waals surface area contributed by atoms with Crippen LogP contribution in [0.15, 0.2) is 24.3 Å². The fraction of sp³-hybridized carbons (Fsp3) is 0.652. The van der Waals surface area contributed by atoms with Gasteiger partial charge in [-0.05, 0) is 83.4 Å². The predicted octanol–water partition coefficient (Wildman–Crippen LogP) is 4.81. The summed E-state index contributed by atoms with van der Waals surface area (Å²) in [4.78, 5) is 28.1. The van der Waals surface area contributed by atoms with E-state index in [0.717, 1.165) is 50.5 Å². The summed E-state index contributed by atoms with van der Waals surface area (Å²) in [5, 5.41) is 4.01. The van der Waals surface area contributed by atoms with Gasteiger partial charge in [0.15, 0.2) is 0 Å². The van der Waals surface area contributed by atoms with Gasteiger partial charge in [0.05, 0.1) is 11.5 Å². The summed E-state index contributed by atoms with van der Waals surface area (Å²) in [6.07, 6.45) is 6.27. The average molecular weight is 419 g/mol. The topological polar surface area (TPSA) is 58.6 Å². The molecule has 2 heterocycles. The molecule has 2 saturated heterocycles. The van der Waals surface area contributed by atoms with Crippen LogP contribution in [-0.2, 0) is 14.9 Å². The van der Waals surface area contributed by atoms with E-state index in [2.05, 4.69) is 5.32 Å². The van der Waals surface area contributed by atoms with Crippen molar-refractivity contribution in [3.05, 3.63) is 34.9 Å². The third-order valence-corrected chi connectivity index (χ3v) is 6.82. The summed E-state index contributed by atoms with van der Waals surface area (Å²) < 4.78 is 5.69. The van der Waals surface area contributed by atoms with Gasteiger partial charge in [0.1, 0.15) is 5.60 Å². The number of hydrogen-bond donors (Lipinski definition) is 1. The number of carbonyl (C=O) groups is 2. The summed E-state index contributed by atoms with van der Waals surface area (Å²) in [7, 11) is 0. The molecule has 3 atom stereocenters. The summed E-state index contributed by atoms with van der Waals surface area (Å²) >= 11 is 6.02. The Morgan fingerprint density at radius 2 is 1.79 bits per heavy atom. The second-order valence-corrected chi connectivity index (χ2v) is 10.2. The van der Waals surface area contributed by atoms with Crippen LogP contribution in [0, 0.1) is 0 Å². The van der Waals surface area contributed by atoms with Gasteiger partial charge >= 0.3 is 6.09 Å². The summed E-state index contributed by atoms with van der Waals surface area (Å²) in [5.74, 6) is 0.0827. The van der Waals surface area contributed by atoms with Gasteiger partial charge in [-0.25, -0.2) is 4.79 Å². The first-order valence-electron chi connectivity index (χ1n) is 10.8. The number of carbonyl (C=O) groups excluding carboxylic acids is 2. The summed E-state index contributed by atoms with van der Waals surface area (Å²) in [6, 6.07) is 7.84. The van der Waals surface area contributed by atoms with Gasteiger partial charge in [-0.2, -0.15) is 0 Å². The number of hydrogen-bond acceptors (Lipinski definition) is 3. The zero-order valence-corrected chi connectivity index (χ0v) is 18.3. The second-order valence-electron chi connectivity index (χ2n) is 9.79. The zero-order valence-electron chi connectivity index (χ0n) is 17.5. The molecule has 2 amide bonds. The standard InChI is InChI=1S/C23H31ClN2O3/c1-22(2,3)29-21(28)26-17-5-4-6-18(19(26)12-11-17)25-20(27)23(13-14-23)15-7-9-16(24)10-8-15/h7-10,17-19H,4-6,11-14H2,1-3H3,(H,25,27). The van der Waals surface area contributed by atoms with E-state index in [-0.39, 0.29) is 30.1 Å². The number of fused-ring (bicyclic) bond motifs is 2. The fourth-order valence-electron chi connectivity index (χ4n) is 4.97. The van der Waals surface area contributed by atoms with Crippen LogP contribution in [-0.4, -0.2) is 40.6 Å². The van der Waals surface area contributed by atoms with E-state index in [1.54, 1.807) is 0 Å². The van der Waals surface area contributed by atoms with E-state index in [4.69, 9.17) is 16.3 Å². The molecule has 5 nitrogen and oxygen atoms in total. The van der Waals surface area contributed by atoms with Crippen molar-refractivity contribution in [3.8, 4) is 0 Å². The van der Waals surface area contributed by atoms with Gasteiger partial charge < -0.3 is 15.0 Å². The molecule has 1 saturated carbocycles. The first-order chi connectivity index (χ1) is 13.7. The Bertz CT molecular complexity index is 782. The van der Waals surface area contributed by atoms with Crippen molar-refractivity contribution < 1.29 is 14.3 Å². The maximum Gasteiger partial charge on any atom is 0.410 e. The Kier molecular flexibility index (Phi) is 5.30. The van der Waals surface area contributed by atoms with Crippen LogP contribution >= 0.6 is 11.6 Å². The van der Waals surface area contributed by atoms with E-state index >= 15 is 0 Å². The molecule has 6 heteroatoms. The van der Waals surface area contributed by atoms with Gasteiger partial charge in [-0.3, -0.25) is 4.79 Å². The number of halogens is 1. The normalized spacial score (nSPS) is 27.9. The lowest BCUT2D eigenvalue weighted by Crippen LogP contribution is -2.53. The van der Waals surface area contributed by atoms with Crippen LogP contribution in [0.5, 0.6) is 0 Å². The minimum Gasteiger partial charge on any atom is -0.444 e. The summed E-state index contributed by atoms with van der Waals surface area (Å²) in [5.41, 5.74) is 0.0705. The molecule has 1 aliphatic carbocycles. The van der Waals surface area contributed by atoms with E-state index in [1.165, 1.54) is 0 Å². The number of benzene rings is 1. The minimum atomic E-state index is -0.520. The van der Waals surface area contributed by atoms with Crippen molar-refractivity contribution in [1.29, 1.82) is 0 Å².